The number of phenolic OH excluding ortho intramolecular Hbond substituents is 1. The summed E-state index contributed by atoms with van der Waals surface area (Å²) in [5.74, 6) is -2.53. The van der Waals surface area contributed by atoms with Crippen molar-refractivity contribution in [1.29, 1.82) is 0 Å². The lowest BCUT2D eigenvalue weighted by molar-refractivity contribution is -0.381. The van der Waals surface area contributed by atoms with Gasteiger partial charge in [-0.05, 0) is 206 Å². The standard InChI is InChI=1S/C74H87N3O10S4/c1-75-56-36-88-91-58-37-89-90-57(34-76-27-26-70(43-12-3-2-4-13-43)24-9-23-69(38-70)21-7-8-22-69)51-33-53-49-32-50(56)64(80)71(25-20-44-29-42-14-17-46-59(58)48-31-45(79)16-18-52(48)72(44,71)61(42)46)66(49)86-67-63(87-74(84,65(51)81)73(53,67)83)68(82)85-62-55(35-78)77-54-19-15-41-28-39-10-5-6-11-40(39)30-47(41)60(54)62/h2-6,10-13,15-16,18-19,28,30-31,42,44,46,49-51,53,56-59,61,63-67,75-81,83-84H,7-9,14,17,20-27,29,32-38H2,1H3. The Bertz CT molecular complexity index is 3850. The molecule has 5 saturated heterocycles. The number of aromatic nitrogens is 1. The molecule has 13 nitrogen and oxygen atoms in total. The van der Waals surface area contributed by atoms with Gasteiger partial charge in [0.1, 0.15) is 18.0 Å². The van der Waals surface area contributed by atoms with Crippen molar-refractivity contribution in [1.82, 2.24) is 15.6 Å². The molecule has 7 aliphatic heterocycles. The number of aliphatic hydroxyl groups excluding tert-OH is 3. The number of carbonyl (C=O) groups excluding carboxylic acids is 1. The molecule has 7 saturated carbocycles. The molecule has 15 aliphatic rings. The number of hydrogen-bond acceptors (Lipinski definition) is 16. The van der Waals surface area contributed by atoms with E-state index in [1.54, 1.807) is 10.8 Å². The predicted molar refractivity (Wildman–Crippen MR) is 361 cm³/mol. The maximum Gasteiger partial charge on any atom is 0.343 e. The van der Waals surface area contributed by atoms with Gasteiger partial charge in [0.2, 0.25) is 5.79 Å². The molecule has 6 aromatic rings. The van der Waals surface area contributed by atoms with Gasteiger partial charge in [-0.2, -0.15) is 0 Å². The van der Waals surface area contributed by atoms with Gasteiger partial charge in [0.05, 0.1) is 35.4 Å². The smallest absolute Gasteiger partial charge is 0.343 e. The number of nitrogens with one attached hydrogen (secondary N) is 3. The van der Waals surface area contributed by atoms with E-state index >= 15 is 4.79 Å². The van der Waals surface area contributed by atoms with Crippen molar-refractivity contribution in [2.75, 3.05) is 31.6 Å². The number of aromatic amines is 1. The van der Waals surface area contributed by atoms with Crippen LogP contribution in [-0.4, -0.2) is 132 Å². The van der Waals surface area contributed by atoms with Gasteiger partial charge in [-0.3, -0.25) is 0 Å². The van der Waals surface area contributed by atoms with Gasteiger partial charge in [-0.1, -0.05) is 129 Å². The Morgan fingerprint density at radius 3 is 2.41 bits per heavy atom. The van der Waals surface area contributed by atoms with Crippen molar-refractivity contribution in [3.8, 4) is 11.5 Å². The Hall–Kier alpha value is -3.53. The van der Waals surface area contributed by atoms with E-state index in [4.69, 9.17) is 14.2 Å². The summed E-state index contributed by atoms with van der Waals surface area (Å²) in [5.41, 5.74) is 1.41. The van der Waals surface area contributed by atoms with Crippen LogP contribution in [0.4, 0.5) is 0 Å². The van der Waals surface area contributed by atoms with Crippen LogP contribution < -0.4 is 15.4 Å². The number of H-pyrrole nitrogens is 1. The van der Waals surface area contributed by atoms with Gasteiger partial charge >= 0.3 is 5.97 Å². The first kappa shape index (κ1) is 59.9. The third-order valence-electron chi connectivity index (χ3n) is 27.4. The maximum absolute atomic E-state index is 16.0. The van der Waals surface area contributed by atoms with E-state index in [2.05, 4.69) is 76.3 Å². The number of aromatic hydroxyl groups is 1. The Labute approximate surface area is 548 Å². The molecule has 8 aliphatic carbocycles. The lowest BCUT2D eigenvalue weighted by Crippen LogP contribution is -2.80. The van der Waals surface area contributed by atoms with Crippen LogP contribution in [0.5, 0.6) is 11.5 Å². The fraction of sp³-hybridized carbons (Fsp3) is 0.608. The minimum absolute atomic E-state index is 0.0356. The van der Waals surface area contributed by atoms with Gasteiger partial charge in [0.15, 0.2) is 17.5 Å². The molecular weight excluding hydrogens is 1220 g/mol. The van der Waals surface area contributed by atoms with Crippen molar-refractivity contribution in [3.63, 3.8) is 0 Å². The molecule has 8 heterocycles. The molecule has 22 atom stereocenters. The molecule has 12 fully saturated rings. The van der Waals surface area contributed by atoms with Crippen molar-refractivity contribution < 1.29 is 49.6 Å². The van der Waals surface area contributed by atoms with Crippen LogP contribution in [0.2, 0.25) is 0 Å². The summed E-state index contributed by atoms with van der Waals surface area (Å²) in [4.78, 5) is 19.4. The SMILES string of the molecule is CNC1CSSC2CSSC(CNCCC3(c4ccccc4)CCCC4(CCCC4)C3)C3CC4C5CC1C(O)C1(CCC6CC7CCC8C2c2cc(O)ccc2C61C78)C5OC1C(C(=O)Oc2c(CO)[nH]c5ccc6cc7ccccc7cc6c25)OC(O)(C3O)C41O. The predicted octanol–water partition coefficient (Wildman–Crippen LogP) is 11.8. The first-order valence-electron chi connectivity index (χ1n) is 34.5. The number of aliphatic hydroxyl groups is 5. The van der Waals surface area contributed by atoms with Crippen molar-refractivity contribution in [3.05, 3.63) is 119 Å². The molecule has 3 spiro atoms. The van der Waals surface area contributed by atoms with Crippen LogP contribution in [0.25, 0.3) is 32.4 Å². The highest BCUT2D eigenvalue weighted by atomic mass is 33.1. The average molecular weight is 1310 g/mol. The molecule has 17 heteroatoms. The number of esters is 1. The van der Waals surface area contributed by atoms with Gasteiger partial charge in [0, 0.05) is 69.1 Å². The summed E-state index contributed by atoms with van der Waals surface area (Å²) < 4.78 is 21.7. The Kier molecular flexibility index (Phi) is 14.5. The summed E-state index contributed by atoms with van der Waals surface area (Å²) in [6, 6.07) is 33.6. The second-order valence-corrected chi connectivity index (χ2v) is 36.0. The van der Waals surface area contributed by atoms with Crippen LogP contribution in [0, 0.1) is 58.2 Å². The molecule has 91 heavy (non-hydrogen) atoms. The molecule has 9 bridgehead atoms. The minimum atomic E-state index is -2.70. The molecular formula is C74H87N3O10S4. The minimum Gasteiger partial charge on any atom is -0.508 e. The Balaban J connectivity index is 0.796. The van der Waals surface area contributed by atoms with Gasteiger partial charge in [-0.25, -0.2) is 4.79 Å². The Morgan fingerprint density at radius 1 is 0.780 bits per heavy atom. The van der Waals surface area contributed by atoms with Gasteiger partial charge in [-0.15, -0.1) is 0 Å². The van der Waals surface area contributed by atoms with Crippen molar-refractivity contribution in [2.24, 2.45) is 58.2 Å². The van der Waals surface area contributed by atoms with E-state index in [-0.39, 0.29) is 68.7 Å². The zero-order valence-corrected chi connectivity index (χ0v) is 55.1. The number of ether oxygens (including phenoxy) is 3. The summed E-state index contributed by atoms with van der Waals surface area (Å²) in [6.45, 7) is 0.823. The van der Waals surface area contributed by atoms with Crippen LogP contribution in [0.3, 0.4) is 0 Å². The van der Waals surface area contributed by atoms with E-state index in [9.17, 15) is 30.6 Å². The molecule has 0 amide bonds. The highest BCUT2D eigenvalue weighted by Gasteiger charge is 2.85. The van der Waals surface area contributed by atoms with Crippen LogP contribution in [0.1, 0.15) is 131 Å². The topological polar surface area (TPSA) is 206 Å². The van der Waals surface area contributed by atoms with E-state index in [0.29, 0.717) is 48.0 Å². The molecule has 5 aromatic carbocycles. The molecule has 21 rings (SSSR count). The third-order valence-corrected chi connectivity index (χ3v) is 33.5. The average Bonchev–Trinajstić information content (AvgIpc) is 1.51. The van der Waals surface area contributed by atoms with E-state index in [0.717, 1.165) is 78.1 Å². The van der Waals surface area contributed by atoms with Gasteiger partial charge in [0.25, 0.3) is 0 Å². The van der Waals surface area contributed by atoms with Crippen LogP contribution in [-0.2, 0) is 31.7 Å². The van der Waals surface area contributed by atoms with Crippen LogP contribution >= 0.6 is 43.2 Å². The van der Waals surface area contributed by atoms with E-state index in [1.807, 2.05) is 75.8 Å². The summed E-state index contributed by atoms with van der Waals surface area (Å²) >= 11 is 0. The van der Waals surface area contributed by atoms with Crippen LogP contribution in [0.15, 0.2) is 97.1 Å². The maximum atomic E-state index is 16.0. The summed E-state index contributed by atoms with van der Waals surface area (Å²) in [7, 11) is 9.58. The number of rotatable bonds is 10. The number of hydrogen-bond donors (Lipinski definition) is 9. The second-order valence-electron chi connectivity index (χ2n) is 30.7. The largest absolute Gasteiger partial charge is 0.508 e. The molecule has 9 N–H and O–H groups in total. The fourth-order valence-corrected chi connectivity index (χ4v) is 31.2. The highest BCUT2D eigenvalue weighted by Crippen LogP contribution is 2.82. The Morgan fingerprint density at radius 2 is 1.58 bits per heavy atom. The summed E-state index contributed by atoms with van der Waals surface area (Å²) in [6.07, 6.45) is 10.2. The van der Waals surface area contributed by atoms with Gasteiger partial charge < -0.3 is 60.5 Å². The highest BCUT2D eigenvalue weighted by molar-refractivity contribution is 8.78. The molecule has 22 unspecified atom stereocenters. The normalized spacial score (nSPS) is 43.0. The van der Waals surface area contributed by atoms with Crippen molar-refractivity contribution in [2.45, 2.75) is 185 Å². The number of carbonyl (C=O) groups is 1. The summed E-state index contributed by atoms with van der Waals surface area (Å²) in [5, 5.41) is 91.6. The fourth-order valence-electron chi connectivity index (χ4n) is 24.2. The number of fused-ring (bicyclic) bond motifs is 4. The lowest BCUT2D eigenvalue weighted by atomic mass is 9.39. The molecule has 1 aromatic heterocycles. The molecule has 0 radical (unpaired) electrons. The first-order chi connectivity index (χ1) is 44.3. The number of phenols is 1. The second kappa shape index (κ2) is 22.0. The van der Waals surface area contributed by atoms with E-state index in [1.165, 1.54) is 61.6 Å². The lowest BCUT2D eigenvalue weighted by Gasteiger charge is -2.69. The molecule has 482 valence electrons. The van der Waals surface area contributed by atoms with E-state index < -0.39 is 83.1 Å². The quantitative estimate of drug-likeness (QED) is 0.0271. The van der Waals surface area contributed by atoms with Crippen molar-refractivity contribution >= 4 is 81.6 Å². The zero-order valence-electron chi connectivity index (χ0n) is 51.9. The third kappa shape index (κ3) is 8.31. The zero-order chi connectivity index (χ0) is 61.6. The first-order valence-corrected chi connectivity index (χ1v) is 39.3. The monoisotopic (exact) mass is 1310 g/mol. The number of benzene rings is 5.